The van der Waals surface area contributed by atoms with Crippen molar-refractivity contribution in [1.29, 1.82) is 0 Å². The molecule has 2 atom stereocenters. The molecule has 0 saturated carbocycles. The first-order valence-corrected chi connectivity index (χ1v) is 6.32. The molecule has 0 fully saturated rings. The van der Waals surface area contributed by atoms with Gasteiger partial charge in [-0.2, -0.15) is 0 Å². The third kappa shape index (κ3) is 4.11. The first kappa shape index (κ1) is 17.7. The van der Waals surface area contributed by atoms with Crippen molar-refractivity contribution in [3.05, 3.63) is 0 Å². The minimum absolute atomic E-state index is 0.00218. The van der Waals surface area contributed by atoms with E-state index in [4.69, 9.17) is 5.11 Å². The highest BCUT2D eigenvalue weighted by atomic mass is 16.4. The number of aliphatic hydroxyl groups is 1. The lowest BCUT2D eigenvalue weighted by Crippen LogP contribution is -2.66. The Morgan fingerprint density at radius 3 is 1.84 bits per heavy atom. The van der Waals surface area contributed by atoms with Crippen LogP contribution in [0.25, 0.3) is 0 Å². The predicted octanol–water partition coefficient (Wildman–Crippen LogP) is 0.225. The molecule has 6 nitrogen and oxygen atoms in total. The van der Waals surface area contributed by atoms with Crippen molar-refractivity contribution in [2.75, 3.05) is 21.1 Å². The van der Waals surface area contributed by atoms with Crippen LogP contribution in [-0.2, 0) is 14.4 Å². The quantitative estimate of drug-likeness (QED) is 0.618. The van der Waals surface area contributed by atoms with Crippen molar-refractivity contribution in [1.82, 2.24) is 0 Å². The Balaban J connectivity index is 5.82. The standard InChI is InChI=1S/C13H23NO5/c1-6-9(15)12(14(3,4)5)13(19,8-11(17)18)10(16)7-2/h12,19H,6-8H2,1-5H3/p+1. The molecule has 0 amide bonds. The zero-order valence-electron chi connectivity index (χ0n) is 12.3. The Labute approximate surface area is 113 Å². The van der Waals surface area contributed by atoms with Crippen molar-refractivity contribution < 1.29 is 29.1 Å². The number of hydrogen-bond donors (Lipinski definition) is 2. The molecule has 19 heavy (non-hydrogen) atoms. The van der Waals surface area contributed by atoms with Gasteiger partial charge in [-0.1, -0.05) is 13.8 Å². The second-order valence-electron chi connectivity index (χ2n) is 5.61. The summed E-state index contributed by atoms with van der Waals surface area (Å²) in [4.78, 5) is 35.0. The highest BCUT2D eigenvalue weighted by molar-refractivity contribution is 5.98. The minimum Gasteiger partial charge on any atom is -0.481 e. The molecule has 0 spiro atoms. The molecule has 0 aliphatic carbocycles. The fourth-order valence-corrected chi connectivity index (χ4v) is 2.42. The van der Waals surface area contributed by atoms with Crippen molar-refractivity contribution in [2.45, 2.75) is 44.8 Å². The van der Waals surface area contributed by atoms with E-state index < -0.39 is 29.8 Å². The lowest BCUT2D eigenvalue weighted by atomic mass is 9.80. The molecule has 0 saturated heterocycles. The summed E-state index contributed by atoms with van der Waals surface area (Å²) in [6.45, 7) is 3.17. The van der Waals surface area contributed by atoms with Gasteiger partial charge in [-0.25, -0.2) is 0 Å². The van der Waals surface area contributed by atoms with Gasteiger partial charge in [0.05, 0.1) is 27.6 Å². The molecule has 2 N–H and O–H groups in total. The maximum atomic E-state index is 12.1. The van der Waals surface area contributed by atoms with Crippen LogP contribution in [0.5, 0.6) is 0 Å². The van der Waals surface area contributed by atoms with Gasteiger partial charge in [0.15, 0.2) is 23.2 Å². The fourth-order valence-electron chi connectivity index (χ4n) is 2.42. The molecule has 0 heterocycles. The summed E-state index contributed by atoms with van der Waals surface area (Å²) in [6, 6.07) is -1.08. The van der Waals surface area contributed by atoms with Crippen LogP contribution in [0.2, 0.25) is 0 Å². The average molecular weight is 274 g/mol. The SMILES string of the molecule is CCC(=O)C(C(O)(CC(=O)O)C(=O)CC)[N+](C)(C)C. The Bertz CT molecular complexity index is 372. The minimum atomic E-state index is -2.16. The van der Waals surface area contributed by atoms with Crippen LogP contribution in [0.4, 0.5) is 0 Å². The van der Waals surface area contributed by atoms with Gasteiger partial charge >= 0.3 is 5.97 Å². The Kier molecular flexibility index (Phi) is 5.83. The number of likely N-dealkylation sites (N-methyl/N-ethyl adjacent to an activating group) is 1. The lowest BCUT2D eigenvalue weighted by molar-refractivity contribution is -0.892. The highest BCUT2D eigenvalue weighted by Crippen LogP contribution is 2.27. The molecular weight excluding hydrogens is 250 g/mol. The average Bonchev–Trinajstić information content (AvgIpc) is 2.24. The van der Waals surface area contributed by atoms with E-state index in [1.165, 1.54) is 6.92 Å². The van der Waals surface area contributed by atoms with Crippen LogP contribution in [-0.4, -0.2) is 65.0 Å². The van der Waals surface area contributed by atoms with Gasteiger partial charge in [0.1, 0.15) is 0 Å². The largest absolute Gasteiger partial charge is 0.481 e. The summed E-state index contributed by atoms with van der Waals surface area (Å²) < 4.78 is 0.00218. The number of carbonyl (C=O) groups excluding carboxylic acids is 2. The zero-order valence-corrected chi connectivity index (χ0v) is 12.3. The van der Waals surface area contributed by atoms with Gasteiger partial charge in [0.2, 0.25) is 0 Å². The van der Waals surface area contributed by atoms with E-state index >= 15 is 0 Å². The summed E-state index contributed by atoms with van der Waals surface area (Å²) in [6.07, 6.45) is -0.637. The van der Waals surface area contributed by atoms with E-state index in [2.05, 4.69) is 0 Å². The maximum Gasteiger partial charge on any atom is 0.307 e. The van der Waals surface area contributed by atoms with E-state index in [-0.39, 0.29) is 23.1 Å². The Morgan fingerprint density at radius 2 is 1.58 bits per heavy atom. The molecule has 6 heteroatoms. The summed E-state index contributed by atoms with van der Waals surface area (Å²) in [5.41, 5.74) is -2.16. The second-order valence-corrected chi connectivity index (χ2v) is 5.61. The van der Waals surface area contributed by atoms with Gasteiger partial charge in [-0.3, -0.25) is 14.4 Å². The summed E-state index contributed by atoms with van der Waals surface area (Å²) in [5.74, 6) is -2.24. The van der Waals surface area contributed by atoms with Gasteiger partial charge in [-0.05, 0) is 0 Å². The number of carboxylic acids is 1. The second kappa shape index (κ2) is 6.25. The topological polar surface area (TPSA) is 91.7 Å². The lowest BCUT2D eigenvalue weighted by Gasteiger charge is -2.41. The smallest absolute Gasteiger partial charge is 0.307 e. The van der Waals surface area contributed by atoms with E-state index in [1.54, 1.807) is 28.1 Å². The molecule has 110 valence electrons. The normalized spacial score (nSPS) is 16.5. The van der Waals surface area contributed by atoms with Crippen LogP contribution < -0.4 is 0 Å². The summed E-state index contributed by atoms with van der Waals surface area (Å²) in [7, 11) is 4.98. The van der Waals surface area contributed by atoms with Crippen molar-refractivity contribution >= 4 is 17.5 Å². The molecule has 0 radical (unpaired) electrons. The monoisotopic (exact) mass is 274 g/mol. The molecule has 0 bridgehead atoms. The molecule has 2 unspecified atom stereocenters. The van der Waals surface area contributed by atoms with E-state index in [0.717, 1.165) is 0 Å². The Hall–Kier alpha value is -1.27. The molecule has 0 aliphatic heterocycles. The number of aliphatic carboxylic acids is 1. The fraction of sp³-hybridized carbons (Fsp3) is 0.769. The number of rotatable bonds is 8. The van der Waals surface area contributed by atoms with Gasteiger partial charge in [0, 0.05) is 12.8 Å². The van der Waals surface area contributed by atoms with Crippen LogP contribution >= 0.6 is 0 Å². The molecular formula is C13H24NO5+. The van der Waals surface area contributed by atoms with E-state index in [0.29, 0.717) is 0 Å². The predicted molar refractivity (Wildman–Crippen MR) is 69.6 cm³/mol. The Morgan fingerprint density at radius 1 is 1.11 bits per heavy atom. The number of nitrogens with zero attached hydrogens (tertiary/aromatic N) is 1. The van der Waals surface area contributed by atoms with Gasteiger partial charge < -0.3 is 14.7 Å². The van der Waals surface area contributed by atoms with Gasteiger partial charge in [0.25, 0.3) is 0 Å². The van der Waals surface area contributed by atoms with Crippen LogP contribution in [0, 0.1) is 0 Å². The van der Waals surface area contributed by atoms with Crippen molar-refractivity contribution in [3.8, 4) is 0 Å². The first-order valence-electron chi connectivity index (χ1n) is 6.32. The number of carboxylic acid groups (broad SMARTS) is 1. The van der Waals surface area contributed by atoms with E-state index in [1.807, 2.05) is 0 Å². The van der Waals surface area contributed by atoms with Crippen LogP contribution in [0.15, 0.2) is 0 Å². The summed E-state index contributed by atoms with van der Waals surface area (Å²) >= 11 is 0. The van der Waals surface area contributed by atoms with Crippen molar-refractivity contribution in [2.24, 2.45) is 0 Å². The number of quaternary nitrogens is 1. The first-order chi connectivity index (χ1) is 8.50. The molecule has 0 aromatic rings. The highest BCUT2D eigenvalue weighted by Gasteiger charge is 2.54. The third-order valence-electron chi connectivity index (χ3n) is 3.11. The van der Waals surface area contributed by atoms with Gasteiger partial charge in [-0.15, -0.1) is 0 Å². The number of carbonyl (C=O) groups is 3. The number of ketones is 2. The molecule has 0 aromatic carbocycles. The number of Topliss-reactive ketones (excluding diaryl/α,β-unsaturated/α-hetero) is 2. The molecule has 0 rings (SSSR count). The van der Waals surface area contributed by atoms with Crippen LogP contribution in [0.1, 0.15) is 33.1 Å². The zero-order chi connectivity index (χ0) is 15.4. The number of hydrogen-bond acceptors (Lipinski definition) is 4. The third-order valence-corrected chi connectivity index (χ3v) is 3.11. The van der Waals surface area contributed by atoms with E-state index in [9.17, 15) is 19.5 Å². The summed E-state index contributed by atoms with van der Waals surface area (Å²) in [5, 5.41) is 19.5. The van der Waals surface area contributed by atoms with Crippen LogP contribution in [0.3, 0.4) is 0 Å². The van der Waals surface area contributed by atoms with Crippen molar-refractivity contribution in [3.63, 3.8) is 0 Å². The molecule has 0 aliphatic rings. The molecule has 0 aromatic heterocycles. The maximum absolute atomic E-state index is 12.1.